The van der Waals surface area contributed by atoms with Crippen molar-refractivity contribution in [1.29, 1.82) is 0 Å². The predicted molar refractivity (Wildman–Crippen MR) is 131 cm³/mol. The zero-order valence-electron chi connectivity index (χ0n) is 18.5. The molecule has 1 aliphatic carbocycles. The summed E-state index contributed by atoms with van der Waals surface area (Å²) in [4.78, 5) is 13.7. The number of nitrogens with one attached hydrogen (secondary N) is 2. The molecule has 0 bridgehead atoms. The van der Waals surface area contributed by atoms with E-state index in [-0.39, 0.29) is 24.5 Å². The molecule has 0 spiro atoms. The van der Waals surface area contributed by atoms with Gasteiger partial charge in [-0.15, -0.1) is 0 Å². The number of fused-ring (bicyclic) bond motifs is 3. The van der Waals surface area contributed by atoms with Crippen molar-refractivity contribution in [3.8, 4) is 17.2 Å². The van der Waals surface area contributed by atoms with Gasteiger partial charge in [0.25, 0.3) is 0 Å². The molecule has 0 saturated heterocycles. The molecule has 0 aromatic heterocycles. The van der Waals surface area contributed by atoms with Gasteiger partial charge in [-0.05, 0) is 41.5 Å². The maximum absolute atomic E-state index is 13.7. The summed E-state index contributed by atoms with van der Waals surface area (Å²) in [6, 6.07) is 19.1. The lowest BCUT2D eigenvalue weighted by Crippen LogP contribution is -2.34. The van der Waals surface area contributed by atoms with Gasteiger partial charge in [0.2, 0.25) is 6.79 Å². The second-order valence-corrected chi connectivity index (χ2v) is 9.08. The number of para-hydroxylation sites is 2. The largest absolute Gasteiger partial charge is 0.497 e. The number of Topliss-reactive ketones (excluding diaryl/α,β-unsaturated/α-hetero) is 1. The highest BCUT2D eigenvalue weighted by molar-refractivity contribution is 6.31. The van der Waals surface area contributed by atoms with Crippen LogP contribution in [0.1, 0.15) is 29.5 Å². The molecule has 0 fully saturated rings. The average molecular weight is 475 g/mol. The number of ether oxygens (including phenoxy) is 3. The summed E-state index contributed by atoms with van der Waals surface area (Å²) in [5, 5.41) is 7.66. The minimum Gasteiger partial charge on any atom is -0.497 e. The molecular weight excluding hydrogens is 452 g/mol. The summed E-state index contributed by atoms with van der Waals surface area (Å²) in [5.41, 5.74) is 4.57. The summed E-state index contributed by atoms with van der Waals surface area (Å²) < 4.78 is 16.4. The Hall–Kier alpha value is -3.64. The van der Waals surface area contributed by atoms with E-state index < -0.39 is 5.92 Å². The number of hydrogen-bond donors (Lipinski definition) is 2. The van der Waals surface area contributed by atoms with Crippen LogP contribution in [0.4, 0.5) is 11.4 Å². The first-order valence-electron chi connectivity index (χ1n) is 11.2. The van der Waals surface area contributed by atoms with Gasteiger partial charge in [-0.3, -0.25) is 4.79 Å². The fourth-order valence-electron chi connectivity index (χ4n) is 5.00. The lowest BCUT2D eigenvalue weighted by molar-refractivity contribution is -0.122. The van der Waals surface area contributed by atoms with E-state index >= 15 is 0 Å². The third-order valence-corrected chi connectivity index (χ3v) is 7.03. The quantitative estimate of drug-likeness (QED) is 0.491. The van der Waals surface area contributed by atoms with Crippen molar-refractivity contribution in [1.82, 2.24) is 0 Å². The first-order chi connectivity index (χ1) is 16.6. The first-order valence-corrected chi connectivity index (χ1v) is 11.6. The third-order valence-electron chi connectivity index (χ3n) is 6.71. The SMILES string of the molecule is COc1ccc(C2C=C3Nc4ccccc4NC(c4cc5c(cc4Cl)OCO5)C3C(=O)C2)cc1. The van der Waals surface area contributed by atoms with E-state index in [4.69, 9.17) is 25.8 Å². The maximum Gasteiger partial charge on any atom is 0.231 e. The van der Waals surface area contributed by atoms with Crippen LogP contribution in [0, 0.1) is 5.92 Å². The molecule has 7 heteroatoms. The van der Waals surface area contributed by atoms with Crippen molar-refractivity contribution in [2.75, 3.05) is 24.5 Å². The van der Waals surface area contributed by atoms with Gasteiger partial charge in [-0.1, -0.05) is 41.9 Å². The molecule has 0 radical (unpaired) electrons. The highest BCUT2D eigenvalue weighted by Crippen LogP contribution is 2.48. The summed E-state index contributed by atoms with van der Waals surface area (Å²) in [6.07, 6.45) is 2.57. The number of ketones is 1. The summed E-state index contributed by atoms with van der Waals surface area (Å²) in [5.74, 6) is 1.72. The lowest BCUT2D eigenvalue weighted by Gasteiger charge is -2.33. The molecule has 3 atom stereocenters. The smallest absolute Gasteiger partial charge is 0.231 e. The number of benzene rings is 3. The Kier molecular flexibility index (Phi) is 5.11. The van der Waals surface area contributed by atoms with Gasteiger partial charge >= 0.3 is 0 Å². The van der Waals surface area contributed by atoms with Crippen LogP contribution in [0.2, 0.25) is 5.02 Å². The third kappa shape index (κ3) is 3.55. The van der Waals surface area contributed by atoms with Crippen molar-refractivity contribution in [2.24, 2.45) is 5.92 Å². The molecular formula is C27H23ClN2O4. The number of hydrogen-bond acceptors (Lipinski definition) is 6. The number of carbonyl (C=O) groups is 1. The van der Waals surface area contributed by atoms with Gasteiger partial charge in [-0.2, -0.15) is 0 Å². The summed E-state index contributed by atoms with van der Waals surface area (Å²) in [7, 11) is 1.65. The van der Waals surface area contributed by atoms with Crippen molar-refractivity contribution in [3.05, 3.63) is 88.6 Å². The zero-order chi connectivity index (χ0) is 23.2. The van der Waals surface area contributed by atoms with E-state index in [0.29, 0.717) is 22.9 Å². The number of methoxy groups -OCH3 is 1. The Morgan fingerprint density at radius 3 is 2.50 bits per heavy atom. The molecule has 2 heterocycles. The van der Waals surface area contributed by atoms with Crippen LogP contribution in [0.3, 0.4) is 0 Å². The molecule has 3 aromatic rings. The van der Waals surface area contributed by atoms with Gasteiger partial charge in [-0.25, -0.2) is 0 Å². The normalized spacial score (nSPS) is 22.5. The highest BCUT2D eigenvalue weighted by Gasteiger charge is 2.41. The Morgan fingerprint density at radius 2 is 1.74 bits per heavy atom. The van der Waals surface area contributed by atoms with Crippen molar-refractivity contribution in [2.45, 2.75) is 18.4 Å². The van der Waals surface area contributed by atoms with Crippen LogP contribution in [-0.2, 0) is 4.79 Å². The Balaban J connectivity index is 1.46. The summed E-state index contributed by atoms with van der Waals surface area (Å²) in [6.45, 7) is 0.161. The maximum atomic E-state index is 13.7. The molecule has 2 N–H and O–H groups in total. The van der Waals surface area contributed by atoms with Crippen molar-refractivity contribution < 1.29 is 19.0 Å². The topological polar surface area (TPSA) is 68.8 Å². The Bertz CT molecular complexity index is 1300. The number of allylic oxidation sites excluding steroid dienone is 1. The van der Waals surface area contributed by atoms with E-state index in [9.17, 15) is 4.79 Å². The molecule has 6 rings (SSSR count). The molecule has 3 aromatic carbocycles. The zero-order valence-corrected chi connectivity index (χ0v) is 19.3. The van der Waals surface area contributed by atoms with E-state index in [1.54, 1.807) is 13.2 Å². The van der Waals surface area contributed by atoms with Crippen molar-refractivity contribution >= 4 is 28.8 Å². The average Bonchev–Trinajstić information content (AvgIpc) is 3.23. The van der Waals surface area contributed by atoms with E-state index in [1.165, 1.54) is 0 Å². The standard InChI is InChI=1S/C27H23ClN2O4/c1-32-17-8-6-15(7-9-17)16-10-22-26(23(31)11-16)27(30-21-5-3-2-4-20(21)29-22)18-12-24-25(13-19(18)28)34-14-33-24/h2-10,12-13,16,26-27,29-30H,11,14H2,1H3. The minimum absolute atomic E-state index is 0.0321. The predicted octanol–water partition coefficient (Wildman–Crippen LogP) is 5.91. The molecule has 3 aliphatic rings. The number of carbonyl (C=O) groups excluding carboxylic acids is 1. The monoisotopic (exact) mass is 474 g/mol. The minimum atomic E-state index is -0.431. The van der Waals surface area contributed by atoms with E-state index in [0.717, 1.165) is 33.9 Å². The van der Waals surface area contributed by atoms with Crippen LogP contribution in [0.15, 0.2) is 72.4 Å². The number of rotatable bonds is 3. The fourth-order valence-corrected chi connectivity index (χ4v) is 5.27. The summed E-state index contributed by atoms with van der Waals surface area (Å²) >= 11 is 6.72. The fraction of sp³-hybridized carbons (Fsp3) is 0.222. The molecule has 3 unspecified atom stereocenters. The van der Waals surface area contributed by atoms with Crippen LogP contribution in [0.25, 0.3) is 0 Å². The molecule has 34 heavy (non-hydrogen) atoms. The number of anilines is 2. The molecule has 172 valence electrons. The van der Waals surface area contributed by atoms with Crippen LogP contribution in [0.5, 0.6) is 17.2 Å². The van der Waals surface area contributed by atoms with Crippen molar-refractivity contribution in [3.63, 3.8) is 0 Å². The van der Waals surface area contributed by atoms with Gasteiger partial charge in [0.05, 0.1) is 30.4 Å². The van der Waals surface area contributed by atoms with E-state index in [2.05, 4.69) is 16.7 Å². The van der Waals surface area contributed by atoms with Crippen LogP contribution in [-0.4, -0.2) is 19.7 Å². The Labute approximate surface area is 202 Å². The first kappa shape index (κ1) is 20.9. The molecule has 2 aliphatic heterocycles. The van der Waals surface area contributed by atoms with Gasteiger partial charge in [0.15, 0.2) is 11.5 Å². The van der Waals surface area contributed by atoms with Gasteiger partial charge in [0, 0.05) is 29.1 Å². The highest BCUT2D eigenvalue weighted by atomic mass is 35.5. The van der Waals surface area contributed by atoms with Crippen LogP contribution >= 0.6 is 11.6 Å². The van der Waals surface area contributed by atoms with Gasteiger partial charge < -0.3 is 24.8 Å². The second-order valence-electron chi connectivity index (χ2n) is 8.67. The molecule has 0 saturated carbocycles. The van der Waals surface area contributed by atoms with Gasteiger partial charge in [0.1, 0.15) is 11.5 Å². The molecule has 6 nitrogen and oxygen atoms in total. The van der Waals surface area contributed by atoms with Crippen LogP contribution < -0.4 is 24.8 Å². The van der Waals surface area contributed by atoms with E-state index in [1.807, 2.05) is 54.6 Å². The molecule has 0 amide bonds. The Morgan fingerprint density at radius 1 is 1.00 bits per heavy atom. The lowest BCUT2D eigenvalue weighted by atomic mass is 9.76. The number of halogens is 1. The second kappa shape index (κ2) is 8.29.